The Morgan fingerprint density at radius 3 is 1.91 bits per heavy atom. The number of hydrogen-bond acceptors (Lipinski definition) is 1. The zero-order valence-electron chi connectivity index (χ0n) is 6.81. The maximum absolute atomic E-state index is 4.11. The van der Waals surface area contributed by atoms with Crippen LogP contribution in [0.15, 0.2) is 24.3 Å². The molecule has 0 aromatic rings. The third kappa shape index (κ3) is 1.26. The lowest BCUT2D eigenvalue weighted by Gasteiger charge is -2.36. The van der Waals surface area contributed by atoms with Gasteiger partial charge in [0.1, 0.15) is 0 Å². The van der Waals surface area contributed by atoms with Crippen LogP contribution in [-0.2, 0) is 0 Å². The maximum atomic E-state index is 4.11. The molecule has 0 amide bonds. The molecule has 0 nitrogen and oxygen atoms in total. The zero-order valence-corrected chi connectivity index (χ0v) is 7.62. The second-order valence-corrected chi connectivity index (χ2v) is 4.92. The van der Waals surface area contributed by atoms with Crippen molar-refractivity contribution in [1.29, 1.82) is 0 Å². The Hall–Kier alpha value is -0.170. The van der Waals surface area contributed by atoms with Crippen LogP contribution >= 0.6 is 11.8 Å². The first-order valence-electron chi connectivity index (χ1n) is 4.28. The van der Waals surface area contributed by atoms with E-state index in [9.17, 15) is 0 Å². The van der Waals surface area contributed by atoms with Crippen LogP contribution in [0.1, 0.15) is 25.7 Å². The summed E-state index contributed by atoms with van der Waals surface area (Å²) < 4.78 is 0. The molecule has 0 N–H and O–H groups in total. The molecule has 2 unspecified atom stereocenters. The Bertz CT molecular complexity index is 183. The van der Waals surface area contributed by atoms with Crippen molar-refractivity contribution >= 4 is 11.8 Å². The molecule has 2 heterocycles. The first-order chi connectivity index (χ1) is 5.27. The fourth-order valence-electron chi connectivity index (χ4n) is 1.89. The molecule has 2 fully saturated rings. The van der Waals surface area contributed by atoms with Crippen molar-refractivity contribution in [2.24, 2.45) is 0 Å². The molecule has 0 aromatic carbocycles. The van der Waals surface area contributed by atoms with E-state index in [2.05, 4.69) is 24.9 Å². The van der Waals surface area contributed by atoms with Crippen molar-refractivity contribution in [3.05, 3.63) is 24.3 Å². The summed E-state index contributed by atoms with van der Waals surface area (Å²) in [4.78, 5) is 0. The number of thioether (sulfide) groups is 1. The molecule has 0 aliphatic carbocycles. The van der Waals surface area contributed by atoms with Gasteiger partial charge in [-0.25, -0.2) is 0 Å². The topological polar surface area (TPSA) is 0 Å². The van der Waals surface area contributed by atoms with Crippen LogP contribution in [0.5, 0.6) is 0 Å². The fourth-order valence-corrected chi connectivity index (χ4v) is 3.42. The molecule has 2 rings (SSSR count). The smallest absolute Gasteiger partial charge is 0.0262 e. The Labute approximate surface area is 72.8 Å². The van der Waals surface area contributed by atoms with Crippen molar-refractivity contribution < 1.29 is 0 Å². The van der Waals surface area contributed by atoms with E-state index in [1.165, 1.54) is 36.8 Å². The average molecular weight is 166 g/mol. The van der Waals surface area contributed by atoms with Gasteiger partial charge in [-0.1, -0.05) is 24.3 Å². The highest BCUT2D eigenvalue weighted by Crippen LogP contribution is 2.45. The number of rotatable bonds is 0. The van der Waals surface area contributed by atoms with Crippen molar-refractivity contribution in [3.8, 4) is 0 Å². The van der Waals surface area contributed by atoms with Gasteiger partial charge in [-0.2, -0.15) is 0 Å². The van der Waals surface area contributed by atoms with Gasteiger partial charge in [0.25, 0.3) is 0 Å². The molecule has 2 saturated heterocycles. The molecule has 2 aliphatic rings. The molecule has 0 spiro atoms. The average Bonchev–Trinajstić information content (AvgIpc) is 2.02. The quantitative estimate of drug-likeness (QED) is 0.498. The molecule has 60 valence electrons. The largest absolute Gasteiger partial charge is 0.146 e. The molecule has 0 aromatic heterocycles. The molecule has 11 heavy (non-hydrogen) atoms. The second-order valence-electron chi connectivity index (χ2n) is 3.51. The first kappa shape index (κ1) is 7.48. The molecule has 2 atom stereocenters. The van der Waals surface area contributed by atoms with E-state index < -0.39 is 0 Å². The van der Waals surface area contributed by atoms with Crippen LogP contribution in [0.3, 0.4) is 0 Å². The minimum Gasteiger partial charge on any atom is -0.146 e. The van der Waals surface area contributed by atoms with E-state index in [0.717, 1.165) is 10.5 Å². The van der Waals surface area contributed by atoms with Gasteiger partial charge < -0.3 is 0 Å². The number of hydrogen-bond donors (Lipinski definition) is 0. The van der Waals surface area contributed by atoms with E-state index in [0.29, 0.717) is 0 Å². The normalized spacial score (nSPS) is 37.5. The predicted molar refractivity (Wildman–Crippen MR) is 51.9 cm³/mol. The van der Waals surface area contributed by atoms with Gasteiger partial charge in [-0.05, 0) is 25.7 Å². The molecule has 1 heteroatoms. The Morgan fingerprint density at radius 2 is 1.45 bits per heavy atom. The second kappa shape index (κ2) is 2.71. The molecule has 2 bridgehead atoms. The molecular weight excluding hydrogens is 152 g/mol. The summed E-state index contributed by atoms with van der Waals surface area (Å²) in [6, 6.07) is 0. The minimum atomic E-state index is 0.763. The van der Waals surface area contributed by atoms with E-state index in [-0.39, 0.29) is 0 Å². The van der Waals surface area contributed by atoms with Gasteiger partial charge in [-0.3, -0.25) is 0 Å². The van der Waals surface area contributed by atoms with Crippen LogP contribution in [0, 0.1) is 0 Å². The summed E-state index contributed by atoms with van der Waals surface area (Å²) in [5, 5.41) is 1.53. The van der Waals surface area contributed by atoms with E-state index >= 15 is 0 Å². The lowest BCUT2D eigenvalue weighted by molar-refractivity contribution is 0.651. The monoisotopic (exact) mass is 166 g/mol. The molecule has 0 radical (unpaired) electrons. The SMILES string of the molecule is C=C1CCC2SC1CCC2=C. The van der Waals surface area contributed by atoms with Crippen LogP contribution in [0.4, 0.5) is 0 Å². The highest BCUT2D eigenvalue weighted by atomic mass is 32.2. The molecular formula is C10H14S. The lowest BCUT2D eigenvalue weighted by atomic mass is 9.93. The highest BCUT2D eigenvalue weighted by Gasteiger charge is 2.30. The van der Waals surface area contributed by atoms with Crippen molar-refractivity contribution in [1.82, 2.24) is 0 Å². The van der Waals surface area contributed by atoms with E-state index in [1.807, 2.05) is 0 Å². The summed E-state index contributed by atoms with van der Waals surface area (Å²) in [5.74, 6) is 0. The standard InChI is InChI=1S/C10H14S/c1-7-3-5-10-8(2)4-6-9(7)11-10/h9-10H,1-6H2. The summed E-state index contributed by atoms with van der Waals surface area (Å²) in [6.45, 7) is 8.22. The highest BCUT2D eigenvalue weighted by molar-refractivity contribution is 8.01. The van der Waals surface area contributed by atoms with Crippen molar-refractivity contribution in [2.45, 2.75) is 36.2 Å². The fraction of sp³-hybridized carbons (Fsp3) is 0.600. The summed E-state index contributed by atoms with van der Waals surface area (Å²) >= 11 is 2.09. The van der Waals surface area contributed by atoms with Gasteiger partial charge in [0.05, 0.1) is 0 Å². The van der Waals surface area contributed by atoms with Crippen LogP contribution in [-0.4, -0.2) is 10.5 Å². The summed E-state index contributed by atoms with van der Waals surface area (Å²) in [7, 11) is 0. The van der Waals surface area contributed by atoms with E-state index in [4.69, 9.17) is 0 Å². The molecule has 2 aliphatic heterocycles. The predicted octanol–water partition coefficient (Wildman–Crippen LogP) is 3.16. The maximum Gasteiger partial charge on any atom is 0.0262 e. The Morgan fingerprint density at radius 1 is 1.00 bits per heavy atom. The lowest BCUT2D eigenvalue weighted by Crippen LogP contribution is -2.26. The summed E-state index contributed by atoms with van der Waals surface area (Å²) in [5.41, 5.74) is 2.94. The summed E-state index contributed by atoms with van der Waals surface area (Å²) in [6.07, 6.45) is 5.06. The third-order valence-corrected chi connectivity index (χ3v) is 4.49. The van der Waals surface area contributed by atoms with Gasteiger partial charge in [0, 0.05) is 10.5 Å². The Kier molecular flexibility index (Phi) is 1.84. The van der Waals surface area contributed by atoms with Gasteiger partial charge >= 0.3 is 0 Å². The van der Waals surface area contributed by atoms with Gasteiger partial charge in [0.2, 0.25) is 0 Å². The van der Waals surface area contributed by atoms with Gasteiger partial charge in [-0.15, -0.1) is 11.8 Å². The Balaban J connectivity index is 2.14. The van der Waals surface area contributed by atoms with Gasteiger partial charge in [0.15, 0.2) is 0 Å². The van der Waals surface area contributed by atoms with Crippen molar-refractivity contribution in [2.75, 3.05) is 0 Å². The van der Waals surface area contributed by atoms with Crippen molar-refractivity contribution in [3.63, 3.8) is 0 Å². The van der Waals surface area contributed by atoms with Crippen LogP contribution in [0.25, 0.3) is 0 Å². The third-order valence-electron chi connectivity index (χ3n) is 2.69. The zero-order chi connectivity index (χ0) is 7.84. The van der Waals surface area contributed by atoms with Crippen LogP contribution in [0.2, 0.25) is 0 Å². The molecule has 0 saturated carbocycles. The number of fused-ring (bicyclic) bond motifs is 2. The van der Waals surface area contributed by atoms with Crippen LogP contribution < -0.4 is 0 Å². The minimum absolute atomic E-state index is 0.763. The first-order valence-corrected chi connectivity index (χ1v) is 5.22. The van der Waals surface area contributed by atoms with E-state index in [1.54, 1.807) is 0 Å².